The fraction of sp³-hybridized carbons (Fsp3) is 0.286. The highest BCUT2D eigenvalue weighted by Crippen LogP contribution is 2.29. The number of carbonyl (C=O) groups excluding carboxylic acids is 1. The molecule has 1 fully saturated rings. The van der Waals surface area contributed by atoms with E-state index < -0.39 is 0 Å². The zero-order valence-electron chi connectivity index (χ0n) is 15.9. The van der Waals surface area contributed by atoms with Gasteiger partial charge in [-0.2, -0.15) is 4.98 Å². The molecular formula is C21H19Cl3N4O2. The van der Waals surface area contributed by atoms with E-state index in [-0.39, 0.29) is 11.8 Å². The van der Waals surface area contributed by atoms with E-state index in [1.54, 1.807) is 42.5 Å². The van der Waals surface area contributed by atoms with E-state index in [2.05, 4.69) is 20.4 Å². The standard InChI is InChI=1S/C21H19Cl3N4O2/c22-14-1-4-16(5-2-14)25-21(29)13-7-9-28(10-8-13)12-19-26-20(27-30-19)17-6-3-15(23)11-18(17)24/h1-6,11,13H,7-10,12H2,(H,25,29). The van der Waals surface area contributed by atoms with Crippen molar-refractivity contribution in [2.75, 3.05) is 18.4 Å². The Kier molecular flexibility index (Phi) is 6.58. The predicted molar refractivity (Wildman–Crippen MR) is 118 cm³/mol. The molecule has 0 bridgehead atoms. The van der Waals surface area contributed by atoms with Gasteiger partial charge in [-0.05, 0) is 68.4 Å². The van der Waals surface area contributed by atoms with E-state index in [1.807, 2.05) is 0 Å². The number of anilines is 1. The summed E-state index contributed by atoms with van der Waals surface area (Å²) in [6.07, 6.45) is 1.53. The van der Waals surface area contributed by atoms with Crippen LogP contribution in [0.25, 0.3) is 11.4 Å². The van der Waals surface area contributed by atoms with Gasteiger partial charge in [-0.15, -0.1) is 0 Å². The van der Waals surface area contributed by atoms with Crippen LogP contribution in [-0.4, -0.2) is 34.0 Å². The molecule has 156 valence electrons. The van der Waals surface area contributed by atoms with Crippen molar-refractivity contribution >= 4 is 46.4 Å². The first-order valence-electron chi connectivity index (χ1n) is 9.55. The Morgan fingerprint density at radius 3 is 2.47 bits per heavy atom. The molecule has 30 heavy (non-hydrogen) atoms. The summed E-state index contributed by atoms with van der Waals surface area (Å²) < 4.78 is 5.39. The summed E-state index contributed by atoms with van der Waals surface area (Å²) in [7, 11) is 0. The summed E-state index contributed by atoms with van der Waals surface area (Å²) in [4.78, 5) is 19.2. The molecule has 0 unspecified atom stereocenters. The molecule has 9 heteroatoms. The lowest BCUT2D eigenvalue weighted by molar-refractivity contribution is -0.121. The number of hydrogen-bond donors (Lipinski definition) is 1. The topological polar surface area (TPSA) is 71.3 Å². The minimum atomic E-state index is -0.0250. The predicted octanol–water partition coefficient (Wildman–Crippen LogP) is 5.55. The number of nitrogens with zero attached hydrogens (tertiary/aromatic N) is 3. The average molecular weight is 466 g/mol. The van der Waals surface area contributed by atoms with Crippen LogP contribution in [-0.2, 0) is 11.3 Å². The van der Waals surface area contributed by atoms with Crippen LogP contribution in [0.2, 0.25) is 15.1 Å². The molecule has 1 aromatic heterocycles. The zero-order chi connectivity index (χ0) is 21.1. The molecule has 1 amide bonds. The lowest BCUT2D eigenvalue weighted by atomic mass is 9.96. The molecule has 0 aliphatic carbocycles. The van der Waals surface area contributed by atoms with Crippen molar-refractivity contribution in [2.24, 2.45) is 5.92 Å². The SMILES string of the molecule is O=C(Nc1ccc(Cl)cc1)C1CCN(Cc2nc(-c3ccc(Cl)cc3Cl)no2)CC1. The molecular weight excluding hydrogens is 447 g/mol. The molecule has 1 N–H and O–H groups in total. The first-order chi connectivity index (χ1) is 14.5. The first-order valence-corrected chi connectivity index (χ1v) is 10.7. The second kappa shape index (κ2) is 9.35. The molecule has 0 radical (unpaired) electrons. The van der Waals surface area contributed by atoms with Crippen LogP contribution < -0.4 is 5.32 Å². The molecule has 1 aliphatic rings. The van der Waals surface area contributed by atoms with Crippen LogP contribution in [0.15, 0.2) is 47.0 Å². The van der Waals surface area contributed by atoms with Gasteiger partial charge < -0.3 is 9.84 Å². The smallest absolute Gasteiger partial charge is 0.241 e. The average Bonchev–Trinajstić information content (AvgIpc) is 3.18. The monoisotopic (exact) mass is 464 g/mol. The molecule has 2 aromatic carbocycles. The van der Waals surface area contributed by atoms with Crippen LogP contribution in [0.3, 0.4) is 0 Å². The van der Waals surface area contributed by atoms with E-state index in [0.717, 1.165) is 31.6 Å². The number of amides is 1. The Bertz CT molecular complexity index is 1030. The van der Waals surface area contributed by atoms with Gasteiger partial charge in [0.15, 0.2) is 0 Å². The molecule has 2 heterocycles. The number of benzene rings is 2. The maximum Gasteiger partial charge on any atom is 0.241 e. The summed E-state index contributed by atoms with van der Waals surface area (Å²) in [5.74, 6) is 0.960. The minimum absolute atomic E-state index is 0.0250. The fourth-order valence-electron chi connectivity index (χ4n) is 3.42. The number of carbonyl (C=O) groups is 1. The highest BCUT2D eigenvalue weighted by Gasteiger charge is 2.26. The Balaban J connectivity index is 1.30. The lowest BCUT2D eigenvalue weighted by Crippen LogP contribution is -2.37. The van der Waals surface area contributed by atoms with E-state index in [4.69, 9.17) is 39.3 Å². The van der Waals surface area contributed by atoms with Crippen molar-refractivity contribution < 1.29 is 9.32 Å². The molecule has 0 saturated carbocycles. The van der Waals surface area contributed by atoms with Gasteiger partial charge >= 0.3 is 0 Å². The number of piperidine rings is 1. The summed E-state index contributed by atoms with van der Waals surface area (Å²) >= 11 is 18.0. The number of nitrogens with one attached hydrogen (secondary N) is 1. The molecule has 0 spiro atoms. The molecule has 1 aliphatic heterocycles. The van der Waals surface area contributed by atoms with Crippen molar-refractivity contribution in [1.82, 2.24) is 15.0 Å². The Morgan fingerprint density at radius 1 is 1.07 bits per heavy atom. The van der Waals surface area contributed by atoms with Crippen molar-refractivity contribution in [3.8, 4) is 11.4 Å². The molecule has 0 atom stereocenters. The highest BCUT2D eigenvalue weighted by atomic mass is 35.5. The zero-order valence-corrected chi connectivity index (χ0v) is 18.2. The second-order valence-corrected chi connectivity index (χ2v) is 8.46. The van der Waals surface area contributed by atoms with Gasteiger partial charge in [-0.3, -0.25) is 9.69 Å². The van der Waals surface area contributed by atoms with Crippen molar-refractivity contribution in [2.45, 2.75) is 19.4 Å². The van der Waals surface area contributed by atoms with Gasteiger partial charge in [0.2, 0.25) is 17.6 Å². The Hall–Kier alpha value is -2.12. The van der Waals surface area contributed by atoms with Gasteiger partial charge in [0.1, 0.15) is 0 Å². The maximum atomic E-state index is 12.5. The van der Waals surface area contributed by atoms with Crippen molar-refractivity contribution in [3.63, 3.8) is 0 Å². The lowest BCUT2D eigenvalue weighted by Gasteiger charge is -2.30. The van der Waals surface area contributed by atoms with Crippen molar-refractivity contribution in [1.29, 1.82) is 0 Å². The van der Waals surface area contributed by atoms with Crippen molar-refractivity contribution in [3.05, 3.63) is 63.4 Å². The van der Waals surface area contributed by atoms with Gasteiger partial charge in [0, 0.05) is 27.2 Å². The summed E-state index contributed by atoms with van der Waals surface area (Å²) in [5, 5.41) is 8.65. The summed E-state index contributed by atoms with van der Waals surface area (Å²) in [5.41, 5.74) is 1.43. The number of aromatic nitrogens is 2. The van der Waals surface area contributed by atoms with E-state index >= 15 is 0 Å². The largest absolute Gasteiger partial charge is 0.338 e. The number of halogens is 3. The van der Waals surface area contributed by atoms with Gasteiger partial charge in [0.05, 0.1) is 11.6 Å². The fourth-order valence-corrected chi connectivity index (χ4v) is 4.04. The van der Waals surface area contributed by atoms with Crippen LogP contribution in [0.5, 0.6) is 0 Å². The third-order valence-corrected chi connectivity index (χ3v) is 5.87. The normalized spacial score (nSPS) is 15.3. The van der Waals surface area contributed by atoms with Crippen LogP contribution in [0.1, 0.15) is 18.7 Å². The van der Waals surface area contributed by atoms with Crippen LogP contribution >= 0.6 is 34.8 Å². The molecule has 4 rings (SSSR count). The number of hydrogen-bond acceptors (Lipinski definition) is 5. The Morgan fingerprint density at radius 2 is 1.77 bits per heavy atom. The first kappa shape index (κ1) is 21.1. The van der Waals surface area contributed by atoms with Gasteiger partial charge in [-0.1, -0.05) is 40.0 Å². The second-order valence-electron chi connectivity index (χ2n) is 7.18. The van der Waals surface area contributed by atoms with Gasteiger partial charge in [-0.25, -0.2) is 0 Å². The highest BCUT2D eigenvalue weighted by molar-refractivity contribution is 6.36. The van der Waals surface area contributed by atoms with E-state index in [9.17, 15) is 4.79 Å². The van der Waals surface area contributed by atoms with E-state index in [0.29, 0.717) is 38.9 Å². The maximum absolute atomic E-state index is 12.5. The summed E-state index contributed by atoms with van der Waals surface area (Å²) in [6.45, 7) is 2.08. The third-order valence-electron chi connectivity index (χ3n) is 5.07. The van der Waals surface area contributed by atoms with Crippen LogP contribution in [0.4, 0.5) is 5.69 Å². The number of likely N-dealkylation sites (tertiary alicyclic amines) is 1. The Labute approximate surface area is 189 Å². The quantitative estimate of drug-likeness (QED) is 0.535. The molecule has 1 saturated heterocycles. The number of rotatable bonds is 5. The minimum Gasteiger partial charge on any atom is -0.338 e. The van der Waals surface area contributed by atoms with E-state index in [1.165, 1.54) is 0 Å². The molecule has 3 aromatic rings. The summed E-state index contributed by atoms with van der Waals surface area (Å²) in [6, 6.07) is 12.3. The third kappa shape index (κ3) is 5.13. The van der Waals surface area contributed by atoms with Gasteiger partial charge in [0.25, 0.3) is 0 Å². The molecule has 6 nitrogen and oxygen atoms in total. The van der Waals surface area contributed by atoms with Crippen LogP contribution in [0, 0.1) is 5.92 Å².